The van der Waals surface area contributed by atoms with Crippen molar-refractivity contribution in [3.63, 3.8) is 0 Å². The van der Waals surface area contributed by atoms with Gasteiger partial charge in [0, 0.05) is 24.7 Å². The van der Waals surface area contributed by atoms with E-state index in [1.165, 1.54) is 38.9 Å². The van der Waals surface area contributed by atoms with Gasteiger partial charge in [-0.05, 0) is 50.1 Å². The quantitative estimate of drug-likeness (QED) is 0.478. The lowest BCUT2D eigenvalue weighted by Crippen LogP contribution is -2.41. The fourth-order valence-corrected chi connectivity index (χ4v) is 4.11. The third kappa shape index (κ3) is 3.52. The zero-order chi connectivity index (χ0) is 24.0. The van der Waals surface area contributed by atoms with Gasteiger partial charge in [-0.1, -0.05) is 24.1 Å². The van der Waals surface area contributed by atoms with Crippen LogP contribution in [0.15, 0.2) is 69.0 Å². The number of aryl methyl sites for hydroxylation is 1. The number of hydrogen-bond acceptors (Lipinski definition) is 4. The van der Waals surface area contributed by atoms with Gasteiger partial charge < -0.3 is 5.32 Å². The molecule has 4 aromatic rings. The van der Waals surface area contributed by atoms with Gasteiger partial charge in [0.2, 0.25) is 0 Å². The Hall–Kier alpha value is -4.38. The summed E-state index contributed by atoms with van der Waals surface area (Å²) in [7, 11) is 1.51. The first-order chi connectivity index (χ1) is 16.4. The molecule has 2 aromatic heterocycles. The van der Waals surface area contributed by atoms with E-state index in [9.17, 15) is 18.8 Å². The zero-order valence-electron chi connectivity index (χ0n) is 18.6. The molecular formula is C26H21FN4O3. The Morgan fingerprint density at radius 1 is 1.00 bits per heavy atom. The average Bonchev–Trinajstić information content (AvgIpc) is 3.65. The van der Waals surface area contributed by atoms with Crippen molar-refractivity contribution in [2.45, 2.75) is 25.8 Å². The average molecular weight is 456 g/mol. The molecule has 1 fully saturated rings. The summed E-state index contributed by atoms with van der Waals surface area (Å²) in [5.41, 5.74) is -0.0743. The smallest absolute Gasteiger partial charge is 0.337 e. The minimum Gasteiger partial charge on any atom is -0.352 e. The van der Waals surface area contributed by atoms with Gasteiger partial charge in [-0.3, -0.25) is 18.7 Å². The number of halogens is 1. The number of fused-ring (bicyclic) bond motifs is 1. The lowest BCUT2D eigenvalue weighted by molar-refractivity contribution is 0.631. The fourth-order valence-electron chi connectivity index (χ4n) is 4.11. The second-order valence-corrected chi connectivity index (χ2v) is 8.21. The molecule has 0 saturated heterocycles. The largest absolute Gasteiger partial charge is 0.352 e. The van der Waals surface area contributed by atoms with E-state index in [-0.39, 0.29) is 28.5 Å². The molecule has 1 aliphatic carbocycles. The number of para-hydroxylation sites is 1. The first-order valence-electron chi connectivity index (χ1n) is 10.9. The summed E-state index contributed by atoms with van der Waals surface area (Å²) >= 11 is 0. The Labute approximate surface area is 193 Å². The molecule has 0 unspecified atom stereocenters. The first kappa shape index (κ1) is 21.5. The van der Waals surface area contributed by atoms with E-state index < -0.39 is 22.6 Å². The highest BCUT2D eigenvalue weighted by Crippen LogP contribution is 2.33. The number of nitrogens with zero attached hydrogens (tertiary/aromatic N) is 3. The highest BCUT2D eigenvalue weighted by molar-refractivity contribution is 5.91. The van der Waals surface area contributed by atoms with Crippen LogP contribution in [0.3, 0.4) is 0 Å². The van der Waals surface area contributed by atoms with Gasteiger partial charge in [0.25, 0.3) is 11.1 Å². The second kappa shape index (κ2) is 8.19. The van der Waals surface area contributed by atoms with E-state index in [2.05, 4.69) is 17.2 Å². The van der Waals surface area contributed by atoms with Gasteiger partial charge in [-0.2, -0.15) is 0 Å². The van der Waals surface area contributed by atoms with Crippen LogP contribution in [0.25, 0.3) is 16.7 Å². The van der Waals surface area contributed by atoms with E-state index in [1.807, 2.05) is 6.07 Å². The number of hydrogen-bond donors (Lipinski definition) is 1. The van der Waals surface area contributed by atoms with Gasteiger partial charge in [0.1, 0.15) is 16.9 Å². The predicted molar refractivity (Wildman–Crippen MR) is 130 cm³/mol. The van der Waals surface area contributed by atoms with Crippen molar-refractivity contribution < 1.29 is 4.39 Å². The standard InChI is InChI=1S/C26H21FN4O3/c1-3-7-16-10-13-20(19(27)14-16)28-21-15-22(32)29(2)24-23(21)25(33)31(18-11-12-18)26(34)30(24)17-8-5-4-6-9-17/h4-6,8-10,13-15,18,28H,11-12H2,1-2H3. The molecule has 0 radical (unpaired) electrons. The number of anilines is 2. The summed E-state index contributed by atoms with van der Waals surface area (Å²) in [4.78, 5) is 40.0. The minimum absolute atomic E-state index is 0.0889. The van der Waals surface area contributed by atoms with Crippen molar-refractivity contribution in [2.75, 3.05) is 5.32 Å². The molecule has 8 heteroatoms. The molecule has 1 saturated carbocycles. The van der Waals surface area contributed by atoms with Crippen LogP contribution in [-0.4, -0.2) is 13.7 Å². The SMILES string of the molecule is CC#Cc1ccc(Nc2cc(=O)n(C)c3c2c(=O)n(C2CC2)c(=O)n3-c2ccccc2)c(F)c1. The monoisotopic (exact) mass is 456 g/mol. The Morgan fingerprint density at radius 3 is 2.38 bits per heavy atom. The summed E-state index contributed by atoms with van der Waals surface area (Å²) in [6, 6.07) is 14.3. The highest BCUT2D eigenvalue weighted by Gasteiger charge is 2.31. The van der Waals surface area contributed by atoms with Crippen LogP contribution in [0.2, 0.25) is 0 Å². The lowest BCUT2D eigenvalue weighted by atomic mass is 10.2. The molecule has 2 heterocycles. The molecule has 1 N–H and O–H groups in total. The molecule has 34 heavy (non-hydrogen) atoms. The molecule has 0 atom stereocenters. The molecule has 2 aromatic carbocycles. The maximum absolute atomic E-state index is 14.8. The zero-order valence-corrected chi connectivity index (χ0v) is 18.6. The van der Waals surface area contributed by atoms with Gasteiger partial charge in [-0.25, -0.2) is 13.8 Å². The third-order valence-corrected chi connectivity index (χ3v) is 5.89. The number of aromatic nitrogens is 3. The number of nitrogens with one attached hydrogen (secondary N) is 1. The summed E-state index contributed by atoms with van der Waals surface area (Å²) in [6.07, 6.45) is 1.44. The first-order valence-corrected chi connectivity index (χ1v) is 10.9. The fraction of sp³-hybridized carbons (Fsp3) is 0.192. The lowest BCUT2D eigenvalue weighted by Gasteiger charge is -2.19. The normalized spacial score (nSPS) is 12.9. The van der Waals surface area contributed by atoms with Crippen LogP contribution in [0, 0.1) is 17.7 Å². The minimum atomic E-state index is -0.576. The maximum Gasteiger partial charge on any atom is 0.337 e. The van der Waals surface area contributed by atoms with Crippen molar-refractivity contribution >= 4 is 22.4 Å². The molecule has 0 spiro atoms. The van der Waals surface area contributed by atoms with Crippen LogP contribution in [0.1, 0.15) is 31.4 Å². The van der Waals surface area contributed by atoms with E-state index >= 15 is 0 Å². The van der Waals surface area contributed by atoms with Crippen molar-refractivity contribution in [2.24, 2.45) is 7.05 Å². The molecule has 0 amide bonds. The summed E-state index contributed by atoms with van der Waals surface area (Å²) in [5.74, 6) is 4.93. The van der Waals surface area contributed by atoms with Crippen molar-refractivity contribution in [1.29, 1.82) is 0 Å². The number of benzene rings is 2. The molecule has 1 aliphatic rings. The van der Waals surface area contributed by atoms with Crippen LogP contribution >= 0.6 is 0 Å². The van der Waals surface area contributed by atoms with Crippen LogP contribution in [0.5, 0.6) is 0 Å². The topological polar surface area (TPSA) is 78.0 Å². The molecule has 170 valence electrons. The van der Waals surface area contributed by atoms with E-state index in [0.29, 0.717) is 11.3 Å². The van der Waals surface area contributed by atoms with Crippen LogP contribution in [-0.2, 0) is 7.05 Å². The number of pyridine rings is 1. The molecule has 0 bridgehead atoms. The molecule has 5 rings (SSSR count). The Balaban J connectivity index is 1.84. The summed E-state index contributed by atoms with van der Waals surface area (Å²) in [6.45, 7) is 1.66. The Kier molecular flexibility index (Phi) is 5.17. The van der Waals surface area contributed by atoms with Crippen molar-refractivity contribution in [1.82, 2.24) is 13.7 Å². The Morgan fingerprint density at radius 2 is 1.74 bits per heavy atom. The van der Waals surface area contributed by atoms with Gasteiger partial charge in [0.05, 0.1) is 17.1 Å². The summed E-state index contributed by atoms with van der Waals surface area (Å²) in [5, 5.41) is 3.05. The molecule has 7 nitrogen and oxygen atoms in total. The Bertz CT molecular complexity index is 1680. The van der Waals surface area contributed by atoms with Crippen LogP contribution < -0.4 is 22.1 Å². The van der Waals surface area contributed by atoms with Gasteiger partial charge >= 0.3 is 5.69 Å². The third-order valence-electron chi connectivity index (χ3n) is 5.89. The van der Waals surface area contributed by atoms with Crippen molar-refractivity contribution in [3.05, 3.63) is 97.2 Å². The summed E-state index contributed by atoms with van der Waals surface area (Å²) < 4.78 is 18.7. The predicted octanol–water partition coefficient (Wildman–Crippen LogP) is 3.44. The molecular weight excluding hydrogens is 435 g/mol. The highest BCUT2D eigenvalue weighted by atomic mass is 19.1. The van der Waals surface area contributed by atoms with Crippen LogP contribution in [0.4, 0.5) is 15.8 Å². The van der Waals surface area contributed by atoms with Gasteiger partial charge in [-0.15, -0.1) is 5.92 Å². The van der Waals surface area contributed by atoms with Crippen molar-refractivity contribution in [3.8, 4) is 17.5 Å². The molecule has 0 aliphatic heterocycles. The maximum atomic E-state index is 14.8. The van der Waals surface area contributed by atoms with E-state index in [1.54, 1.807) is 37.3 Å². The van der Waals surface area contributed by atoms with E-state index in [4.69, 9.17) is 0 Å². The van der Waals surface area contributed by atoms with Gasteiger partial charge in [0.15, 0.2) is 0 Å². The second-order valence-electron chi connectivity index (χ2n) is 8.21. The van der Waals surface area contributed by atoms with E-state index in [0.717, 1.165) is 12.8 Å². The number of rotatable bonds is 4.